The maximum Gasteiger partial charge on any atom is 0.237 e. The highest BCUT2D eigenvalue weighted by Gasteiger charge is 2.18. The van der Waals surface area contributed by atoms with Crippen LogP contribution in [0.2, 0.25) is 5.02 Å². The summed E-state index contributed by atoms with van der Waals surface area (Å²) in [7, 11) is 0. The van der Waals surface area contributed by atoms with E-state index >= 15 is 0 Å². The zero-order valence-corrected chi connectivity index (χ0v) is 14.7. The van der Waals surface area contributed by atoms with Gasteiger partial charge in [0.15, 0.2) is 4.34 Å². The number of amides is 1. The molecular formula is C16H11ClF2N2OS2. The normalized spacial score (nSPS) is 12.3. The minimum Gasteiger partial charge on any atom is -0.323 e. The molecule has 1 atom stereocenters. The maximum absolute atomic E-state index is 13.6. The summed E-state index contributed by atoms with van der Waals surface area (Å²) in [6.45, 7) is 1.68. The molecule has 0 aliphatic rings. The van der Waals surface area contributed by atoms with Crippen molar-refractivity contribution in [1.29, 1.82) is 0 Å². The molecule has 3 aromatic rings. The minimum absolute atomic E-state index is 0.177. The average Bonchev–Trinajstić information content (AvgIpc) is 2.92. The van der Waals surface area contributed by atoms with Gasteiger partial charge in [0.05, 0.1) is 21.2 Å². The summed E-state index contributed by atoms with van der Waals surface area (Å²) in [5.74, 6) is -1.73. The highest BCUT2D eigenvalue weighted by molar-refractivity contribution is 8.02. The molecule has 0 radical (unpaired) electrons. The zero-order chi connectivity index (χ0) is 17.3. The first-order valence-electron chi connectivity index (χ1n) is 6.91. The Morgan fingerprint density at radius 2 is 2.08 bits per heavy atom. The molecule has 0 unspecified atom stereocenters. The van der Waals surface area contributed by atoms with Crippen LogP contribution in [0, 0.1) is 11.6 Å². The number of benzene rings is 2. The lowest BCUT2D eigenvalue weighted by atomic mass is 10.3. The molecule has 0 saturated carbocycles. The number of carbonyl (C=O) groups is 1. The second kappa shape index (κ2) is 7.04. The Morgan fingerprint density at radius 3 is 2.88 bits per heavy atom. The van der Waals surface area contributed by atoms with Crippen LogP contribution in [-0.4, -0.2) is 16.1 Å². The molecule has 3 nitrogen and oxygen atoms in total. The van der Waals surface area contributed by atoms with E-state index in [9.17, 15) is 13.6 Å². The van der Waals surface area contributed by atoms with Crippen molar-refractivity contribution in [2.45, 2.75) is 16.5 Å². The molecule has 1 aromatic heterocycles. The lowest BCUT2D eigenvalue weighted by Crippen LogP contribution is -2.23. The van der Waals surface area contributed by atoms with Gasteiger partial charge in [-0.1, -0.05) is 23.4 Å². The van der Waals surface area contributed by atoms with Crippen LogP contribution < -0.4 is 5.32 Å². The standard InChI is InChI=1S/C16H11ClF2N2OS2/c1-8(15(22)20-12-7-10(18)3-4-11(12)19)23-16-21-13-6-9(17)2-5-14(13)24-16/h2-8H,1H3,(H,20,22)/t8-/m1/s1. The fraction of sp³-hybridized carbons (Fsp3) is 0.125. The van der Waals surface area contributed by atoms with Crippen molar-refractivity contribution in [1.82, 2.24) is 4.98 Å². The number of nitrogens with zero attached hydrogens (tertiary/aromatic N) is 1. The van der Waals surface area contributed by atoms with Gasteiger partial charge in [0.2, 0.25) is 5.91 Å². The Balaban J connectivity index is 1.72. The summed E-state index contributed by atoms with van der Waals surface area (Å²) in [4.78, 5) is 16.6. The first kappa shape index (κ1) is 17.1. The van der Waals surface area contributed by atoms with Gasteiger partial charge in [-0.2, -0.15) is 0 Å². The van der Waals surface area contributed by atoms with Crippen LogP contribution in [0.15, 0.2) is 40.7 Å². The predicted molar refractivity (Wildman–Crippen MR) is 94.9 cm³/mol. The van der Waals surface area contributed by atoms with Crippen LogP contribution in [0.1, 0.15) is 6.92 Å². The van der Waals surface area contributed by atoms with Gasteiger partial charge in [0.25, 0.3) is 0 Å². The number of hydrogen-bond donors (Lipinski definition) is 1. The van der Waals surface area contributed by atoms with E-state index in [0.717, 1.165) is 28.4 Å². The molecule has 124 valence electrons. The molecule has 24 heavy (non-hydrogen) atoms. The Labute approximate surface area is 150 Å². The van der Waals surface area contributed by atoms with Crippen LogP contribution in [0.3, 0.4) is 0 Å². The summed E-state index contributed by atoms with van der Waals surface area (Å²) in [5, 5.41) is 2.46. The minimum atomic E-state index is -0.684. The van der Waals surface area contributed by atoms with E-state index < -0.39 is 22.8 Å². The lowest BCUT2D eigenvalue weighted by Gasteiger charge is -2.11. The number of anilines is 1. The molecule has 1 heterocycles. The molecule has 2 aromatic carbocycles. The van der Waals surface area contributed by atoms with E-state index in [4.69, 9.17) is 11.6 Å². The molecule has 0 fully saturated rings. The van der Waals surface area contributed by atoms with E-state index in [0.29, 0.717) is 9.36 Å². The number of halogens is 3. The van der Waals surface area contributed by atoms with Crippen molar-refractivity contribution in [2.24, 2.45) is 0 Å². The molecule has 1 N–H and O–H groups in total. The van der Waals surface area contributed by atoms with Crippen LogP contribution in [-0.2, 0) is 4.79 Å². The van der Waals surface area contributed by atoms with E-state index in [1.54, 1.807) is 19.1 Å². The van der Waals surface area contributed by atoms with E-state index in [-0.39, 0.29) is 5.69 Å². The highest BCUT2D eigenvalue weighted by atomic mass is 35.5. The molecule has 0 bridgehead atoms. The smallest absolute Gasteiger partial charge is 0.237 e. The first-order chi connectivity index (χ1) is 11.4. The number of thioether (sulfide) groups is 1. The summed E-state index contributed by atoms with van der Waals surface area (Å²) >= 11 is 8.62. The van der Waals surface area contributed by atoms with E-state index in [1.165, 1.54) is 23.1 Å². The number of rotatable bonds is 4. The van der Waals surface area contributed by atoms with Crippen LogP contribution >= 0.6 is 34.7 Å². The summed E-state index contributed by atoms with van der Waals surface area (Å²) in [6, 6.07) is 8.32. The first-order valence-corrected chi connectivity index (χ1v) is 8.98. The monoisotopic (exact) mass is 384 g/mol. The van der Waals surface area contributed by atoms with Gasteiger partial charge in [-0.05, 0) is 37.3 Å². The van der Waals surface area contributed by atoms with Crippen LogP contribution in [0.5, 0.6) is 0 Å². The zero-order valence-electron chi connectivity index (χ0n) is 12.3. The second-order valence-electron chi connectivity index (χ2n) is 4.97. The largest absolute Gasteiger partial charge is 0.323 e. The number of carbonyl (C=O) groups excluding carboxylic acids is 1. The van der Waals surface area contributed by atoms with Crippen molar-refractivity contribution in [2.75, 3.05) is 5.32 Å². The fourth-order valence-electron chi connectivity index (χ4n) is 1.96. The van der Waals surface area contributed by atoms with E-state index in [2.05, 4.69) is 10.3 Å². The van der Waals surface area contributed by atoms with Gasteiger partial charge in [-0.25, -0.2) is 13.8 Å². The number of hydrogen-bond acceptors (Lipinski definition) is 4. The quantitative estimate of drug-likeness (QED) is 0.617. The Kier molecular flexibility index (Phi) is 5.03. The molecule has 0 saturated heterocycles. The van der Waals surface area contributed by atoms with Gasteiger partial charge in [-0.3, -0.25) is 4.79 Å². The molecule has 3 rings (SSSR count). The molecule has 0 spiro atoms. The van der Waals surface area contributed by atoms with Crippen molar-refractivity contribution >= 4 is 56.5 Å². The van der Waals surface area contributed by atoms with Crippen molar-refractivity contribution < 1.29 is 13.6 Å². The van der Waals surface area contributed by atoms with Gasteiger partial charge >= 0.3 is 0 Å². The maximum atomic E-state index is 13.6. The number of aromatic nitrogens is 1. The van der Waals surface area contributed by atoms with Gasteiger partial charge in [0, 0.05) is 11.1 Å². The topological polar surface area (TPSA) is 42.0 Å². The fourth-order valence-corrected chi connectivity index (χ4v) is 4.32. The third-order valence-corrected chi connectivity index (χ3v) is 5.63. The van der Waals surface area contributed by atoms with Crippen molar-refractivity contribution in [3.63, 3.8) is 0 Å². The van der Waals surface area contributed by atoms with Crippen molar-refractivity contribution in [3.8, 4) is 0 Å². The molecule has 0 aliphatic carbocycles. The second-order valence-corrected chi connectivity index (χ2v) is 8.02. The predicted octanol–water partition coefficient (Wildman–Crippen LogP) is 5.35. The average molecular weight is 385 g/mol. The molecule has 8 heteroatoms. The van der Waals surface area contributed by atoms with E-state index in [1.807, 2.05) is 6.07 Å². The summed E-state index contributed by atoms with van der Waals surface area (Å²) in [6.07, 6.45) is 0. The number of thiazole rings is 1. The highest BCUT2D eigenvalue weighted by Crippen LogP contribution is 2.33. The van der Waals surface area contributed by atoms with Crippen molar-refractivity contribution in [3.05, 3.63) is 53.1 Å². The van der Waals surface area contributed by atoms with Gasteiger partial charge in [0.1, 0.15) is 11.6 Å². The van der Waals surface area contributed by atoms with Gasteiger partial charge in [-0.15, -0.1) is 11.3 Å². The molecule has 1 amide bonds. The lowest BCUT2D eigenvalue weighted by molar-refractivity contribution is -0.115. The summed E-state index contributed by atoms with van der Waals surface area (Å²) < 4.78 is 28.4. The molecular weight excluding hydrogens is 374 g/mol. The molecule has 0 aliphatic heterocycles. The Bertz CT molecular complexity index is 916. The third kappa shape index (κ3) is 3.85. The summed E-state index contributed by atoms with van der Waals surface area (Å²) in [5.41, 5.74) is 0.585. The van der Waals surface area contributed by atoms with Gasteiger partial charge < -0.3 is 5.32 Å². The van der Waals surface area contributed by atoms with Crippen LogP contribution in [0.4, 0.5) is 14.5 Å². The third-order valence-electron chi connectivity index (χ3n) is 3.16. The number of nitrogens with one attached hydrogen (secondary N) is 1. The number of fused-ring (bicyclic) bond motifs is 1. The SMILES string of the molecule is C[C@@H](Sc1nc2cc(Cl)ccc2s1)C(=O)Nc1cc(F)ccc1F. The Morgan fingerprint density at radius 1 is 1.29 bits per heavy atom. The Hall–Kier alpha value is -1.70. The van der Waals surface area contributed by atoms with Crippen LogP contribution in [0.25, 0.3) is 10.2 Å².